The number of fused-ring (bicyclic) bond motifs is 1. The molecule has 8 heteroatoms. The Morgan fingerprint density at radius 2 is 1.97 bits per heavy atom. The van der Waals surface area contributed by atoms with Gasteiger partial charge >= 0.3 is 0 Å². The highest BCUT2D eigenvalue weighted by Gasteiger charge is 2.31. The standard InChI is InChI=1S/C25H26N6O2/c1-17-23-20(25(32)30-12-10-29(11-13-30)16-19-5-4-14-33-19)15-21(18-7-8-18)27-24(23)31(28-17)22-6-2-3-9-26-22/h2-6,9,14-15,18H,7-8,10-13,16H2,1H3. The molecule has 0 atom stereocenters. The molecule has 1 saturated heterocycles. The van der Waals surface area contributed by atoms with Crippen LogP contribution < -0.4 is 0 Å². The van der Waals surface area contributed by atoms with Crippen LogP contribution in [0.2, 0.25) is 0 Å². The van der Waals surface area contributed by atoms with Crippen molar-refractivity contribution in [3.8, 4) is 5.82 Å². The highest BCUT2D eigenvalue weighted by atomic mass is 16.3. The third-order valence-electron chi connectivity index (χ3n) is 6.54. The first-order valence-corrected chi connectivity index (χ1v) is 11.5. The molecule has 8 nitrogen and oxygen atoms in total. The van der Waals surface area contributed by atoms with Crippen LogP contribution in [-0.2, 0) is 6.54 Å². The second-order valence-electron chi connectivity index (χ2n) is 8.90. The molecule has 0 unspecified atom stereocenters. The van der Waals surface area contributed by atoms with Gasteiger partial charge in [-0.05, 0) is 50.1 Å². The van der Waals surface area contributed by atoms with Gasteiger partial charge < -0.3 is 9.32 Å². The summed E-state index contributed by atoms with van der Waals surface area (Å²) in [6.45, 7) is 5.74. The Bertz CT molecular complexity index is 1290. The average molecular weight is 443 g/mol. The molecule has 2 aliphatic rings. The van der Waals surface area contributed by atoms with Gasteiger partial charge in [0.25, 0.3) is 5.91 Å². The van der Waals surface area contributed by atoms with Crippen molar-refractivity contribution in [2.45, 2.75) is 32.2 Å². The van der Waals surface area contributed by atoms with E-state index >= 15 is 0 Å². The second kappa shape index (κ2) is 8.12. The molecule has 1 aliphatic heterocycles. The summed E-state index contributed by atoms with van der Waals surface area (Å²) in [6.07, 6.45) is 5.69. The summed E-state index contributed by atoms with van der Waals surface area (Å²) in [5.41, 5.74) is 3.21. The van der Waals surface area contributed by atoms with Crippen LogP contribution in [0.4, 0.5) is 0 Å². The molecule has 4 aromatic heterocycles. The van der Waals surface area contributed by atoms with Crippen molar-refractivity contribution in [1.82, 2.24) is 29.5 Å². The second-order valence-corrected chi connectivity index (χ2v) is 8.90. The third kappa shape index (κ3) is 3.80. The van der Waals surface area contributed by atoms with Gasteiger partial charge in [0.1, 0.15) is 5.76 Å². The number of hydrogen-bond acceptors (Lipinski definition) is 6. The molecule has 0 spiro atoms. The van der Waals surface area contributed by atoms with E-state index in [0.29, 0.717) is 30.4 Å². The molecule has 0 N–H and O–H groups in total. The van der Waals surface area contributed by atoms with E-state index in [1.807, 2.05) is 48.2 Å². The van der Waals surface area contributed by atoms with Crippen molar-refractivity contribution in [2.75, 3.05) is 26.2 Å². The molecule has 0 aromatic carbocycles. The quantitative estimate of drug-likeness (QED) is 0.470. The number of carbonyl (C=O) groups excluding carboxylic acids is 1. The molecule has 1 saturated carbocycles. The number of hydrogen-bond donors (Lipinski definition) is 0. The molecule has 1 amide bonds. The van der Waals surface area contributed by atoms with Crippen LogP contribution in [0.15, 0.2) is 53.3 Å². The highest BCUT2D eigenvalue weighted by molar-refractivity contribution is 6.06. The number of aryl methyl sites for hydroxylation is 1. The lowest BCUT2D eigenvalue weighted by molar-refractivity contribution is 0.0622. The Hall–Kier alpha value is -3.52. The van der Waals surface area contributed by atoms with Gasteiger partial charge in [0.05, 0.1) is 29.5 Å². The van der Waals surface area contributed by atoms with Crippen molar-refractivity contribution in [3.05, 3.63) is 71.6 Å². The van der Waals surface area contributed by atoms with Crippen molar-refractivity contribution >= 4 is 16.9 Å². The van der Waals surface area contributed by atoms with Crippen LogP contribution in [0.1, 0.15) is 46.3 Å². The van der Waals surface area contributed by atoms with Gasteiger partial charge in [-0.25, -0.2) is 9.97 Å². The molecule has 33 heavy (non-hydrogen) atoms. The monoisotopic (exact) mass is 442 g/mol. The molecular formula is C25H26N6O2. The number of furan rings is 1. The van der Waals surface area contributed by atoms with Crippen molar-refractivity contribution in [1.29, 1.82) is 0 Å². The molecule has 5 heterocycles. The van der Waals surface area contributed by atoms with E-state index in [2.05, 4.69) is 9.88 Å². The first kappa shape index (κ1) is 20.1. The van der Waals surface area contributed by atoms with Crippen LogP contribution in [-0.4, -0.2) is 61.6 Å². The average Bonchev–Trinajstić information content (AvgIpc) is 3.48. The molecule has 6 rings (SSSR count). The van der Waals surface area contributed by atoms with Crippen LogP contribution in [0, 0.1) is 6.92 Å². The largest absolute Gasteiger partial charge is 0.468 e. The zero-order valence-corrected chi connectivity index (χ0v) is 18.6. The lowest BCUT2D eigenvalue weighted by atomic mass is 10.1. The number of amides is 1. The molecule has 168 valence electrons. The molecular weight excluding hydrogens is 416 g/mol. The van der Waals surface area contributed by atoms with Gasteiger partial charge in [-0.15, -0.1) is 0 Å². The molecule has 4 aromatic rings. The molecule has 0 radical (unpaired) electrons. The Morgan fingerprint density at radius 1 is 1.12 bits per heavy atom. The van der Waals surface area contributed by atoms with E-state index < -0.39 is 0 Å². The smallest absolute Gasteiger partial charge is 0.254 e. The first-order valence-electron chi connectivity index (χ1n) is 11.5. The lowest BCUT2D eigenvalue weighted by Crippen LogP contribution is -2.48. The van der Waals surface area contributed by atoms with Crippen LogP contribution in [0.3, 0.4) is 0 Å². The number of aromatic nitrogens is 4. The predicted octanol–water partition coefficient (Wildman–Crippen LogP) is 3.55. The van der Waals surface area contributed by atoms with Gasteiger partial charge in [-0.3, -0.25) is 9.69 Å². The van der Waals surface area contributed by atoms with Crippen molar-refractivity contribution < 1.29 is 9.21 Å². The van der Waals surface area contributed by atoms with Gasteiger partial charge in [0, 0.05) is 44.0 Å². The van der Waals surface area contributed by atoms with E-state index in [-0.39, 0.29) is 5.91 Å². The van der Waals surface area contributed by atoms with Gasteiger partial charge in [0.2, 0.25) is 0 Å². The summed E-state index contributed by atoms with van der Waals surface area (Å²) in [5, 5.41) is 5.55. The normalized spacial score (nSPS) is 17.1. The minimum Gasteiger partial charge on any atom is -0.468 e. The fourth-order valence-corrected chi connectivity index (χ4v) is 4.61. The number of rotatable bonds is 5. The zero-order chi connectivity index (χ0) is 22.4. The Labute approximate surface area is 191 Å². The zero-order valence-electron chi connectivity index (χ0n) is 18.6. The molecule has 2 fully saturated rings. The van der Waals surface area contributed by atoms with Crippen LogP contribution in [0.25, 0.3) is 16.9 Å². The van der Waals surface area contributed by atoms with E-state index in [9.17, 15) is 4.79 Å². The molecule has 1 aliphatic carbocycles. The number of carbonyl (C=O) groups is 1. The topological polar surface area (TPSA) is 80.3 Å². The van der Waals surface area contributed by atoms with Gasteiger partial charge in [0.15, 0.2) is 11.5 Å². The van der Waals surface area contributed by atoms with Crippen LogP contribution >= 0.6 is 0 Å². The predicted molar refractivity (Wildman–Crippen MR) is 123 cm³/mol. The summed E-state index contributed by atoms with van der Waals surface area (Å²) in [5.74, 6) is 2.15. The number of nitrogens with zero attached hydrogens (tertiary/aromatic N) is 6. The van der Waals surface area contributed by atoms with E-state index in [4.69, 9.17) is 14.5 Å². The SMILES string of the molecule is Cc1nn(-c2ccccn2)c2nc(C3CC3)cc(C(=O)N3CCN(Cc4ccco4)CC3)c12. The highest BCUT2D eigenvalue weighted by Crippen LogP contribution is 2.41. The maximum Gasteiger partial charge on any atom is 0.254 e. The summed E-state index contributed by atoms with van der Waals surface area (Å²) in [6, 6.07) is 11.6. The van der Waals surface area contributed by atoms with E-state index in [0.717, 1.165) is 60.7 Å². The fourth-order valence-electron chi connectivity index (χ4n) is 4.61. The van der Waals surface area contributed by atoms with E-state index in [1.165, 1.54) is 0 Å². The summed E-state index contributed by atoms with van der Waals surface area (Å²) in [4.78, 5) is 27.4. The minimum absolute atomic E-state index is 0.0608. The third-order valence-corrected chi connectivity index (χ3v) is 6.54. The Kier molecular flexibility index (Phi) is 4.95. The lowest BCUT2D eigenvalue weighted by Gasteiger charge is -2.34. The Morgan fingerprint density at radius 3 is 2.67 bits per heavy atom. The first-order chi connectivity index (χ1) is 16.2. The number of pyridine rings is 2. The van der Waals surface area contributed by atoms with Gasteiger partial charge in [-0.2, -0.15) is 9.78 Å². The summed E-state index contributed by atoms with van der Waals surface area (Å²) < 4.78 is 7.25. The van der Waals surface area contributed by atoms with Crippen molar-refractivity contribution in [3.63, 3.8) is 0 Å². The summed E-state index contributed by atoms with van der Waals surface area (Å²) >= 11 is 0. The van der Waals surface area contributed by atoms with E-state index in [1.54, 1.807) is 17.1 Å². The van der Waals surface area contributed by atoms with Crippen LogP contribution in [0.5, 0.6) is 0 Å². The fraction of sp³-hybridized carbons (Fsp3) is 0.360. The maximum absolute atomic E-state index is 13.7. The Balaban J connectivity index is 1.32. The van der Waals surface area contributed by atoms with Gasteiger partial charge in [-0.1, -0.05) is 6.07 Å². The van der Waals surface area contributed by atoms with Crippen molar-refractivity contribution in [2.24, 2.45) is 0 Å². The number of piperazine rings is 1. The minimum atomic E-state index is 0.0608. The maximum atomic E-state index is 13.7. The summed E-state index contributed by atoms with van der Waals surface area (Å²) in [7, 11) is 0. The molecule has 0 bridgehead atoms.